The largest absolute Gasteiger partial charge is 0.480 e. The molecule has 0 atom stereocenters. The van der Waals surface area contributed by atoms with Gasteiger partial charge in [0, 0.05) is 34.4 Å². The summed E-state index contributed by atoms with van der Waals surface area (Å²) >= 11 is 18.8. The maximum absolute atomic E-state index is 11.9. The number of likely N-dealkylation sites (N-methyl/N-ethyl adjacent to an activating group) is 1. The Balaban J connectivity index is 1.66. The number of fused-ring (bicyclic) bond motifs is 1. The van der Waals surface area contributed by atoms with Gasteiger partial charge in [-0.05, 0) is 62.4 Å². The minimum Gasteiger partial charge on any atom is -0.480 e. The molecule has 0 saturated carbocycles. The number of piperidine rings is 1. The Labute approximate surface area is 216 Å². The second kappa shape index (κ2) is 9.28. The zero-order valence-electron chi connectivity index (χ0n) is 18.7. The molecule has 0 amide bonds. The first-order valence-corrected chi connectivity index (χ1v) is 12.1. The Bertz CT molecular complexity index is 1420. The van der Waals surface area contributed by atoms with Gasteiger partial charge in [-0.1, -0.05) is 34.8 Å². The summed E-state index contributed by atoms with van der Waals surface area (Å²) < 4.78 is 1.91. The maximum atomic E-state index is 11.9. The molecule has 35 heavy (non-hydrogen) atoms. The highest BCUT2D eigenvalue weighted by Crippen LogP contribution is 2.37. The van der Waals surface area contributed by atoms with E-state index in [0.717, 1.165) is 5.69 Å². The van der Waals surface area contributed by atoms with E-state index >= 15 is 0 Å². The summed E-state index contributed by atoms with van der Waals surface area (Å²) in [6.45, 7) is 1.01. The van der Waals surface area contributed by atoms with Crippen LogP contribution in [-0.2, 0) is 4.79 Å². The lowest BCUT2D eigenvalue weighted by atomic mass is 9.88. The SMILES string of the molecule is CNC1(C(=O)O)CCN(c2ncnc3c2nc(-c2ccc(Cl)cc2Cl)n3-c2ccc(Cl)cc2)CC1. The summed E-state index contributed by atoms with van der Waals surface area (Å²) in [5.41, 5.74) is 1.74. The van der Waals surface area contributed by atoms with Gasteiger partial charge in [0.05, 0.1) is 5.02 Å². The van der Waals surface area contributed by atoms with Crippen molar-refractivity contribution in [2.24, 2.45) is 0 Å². The van der Waals surface area contributed by atoms with Gasteiger partial charge in [0.2, 0.25) is 0 Å². The highest BCUT2D eigenvalue weighted by atomic mass is 35.5. The van der Waals surface area contributed by atoms with E-state index < -0.39 is 11.5 Å². The van der Waals surface area contributed by atoms with Gasteiger partial charge in [0.1, 0.15) is 17.7 Å². The lowest BCUT2D eigenvalue weighted by molar-refractivity contribution is -0.145. The fraction of sp³-hybridized carbons (Fsp3) is 0.250. The summed E-state index contributed by atoms with van der Waals surface area (Å²) in [5, 5.41) is 14.3. The number of anilines is 1. The van der Waals surface area contributed by atoms with Crippen molar-refractivity contribution in [2.45, 2.75) is 18.4 Å². The van der Waals surface area contributed by atoms with Crippen molar-refractivity contribution in [3.8, 4) is 17.1 Å². The van der Waals surface area contributed by atoms with Crippen LogP contribution in [0.3, 0.4) is 0 Å². The number of carboxylic acid groups (broad SMARTS) is 1. The number of carbonyl (C=O) groups is 1. The first-order chi connectivity index (χ1) is 16.8. The minimum atomic E-state index is -0.951. The number of benzene rings is 2. The van der Waals surface area contributed by atoms with Gasteiger partial charge in [-0.3, -0.25) is 9.36 Å². The number of halogens is 3. The average molecular weight is 532 g/mol. The molecule has 2 N–H and O–H groups in total. The molecular weight excluding hydrogens is 511 g/mol. The zero-order valence-corrected chi connectivity index (χ0v) is 20.9. The second-order valence-corrected chi connectivity index (χ2v) is 9.65. The smallest absolute Gasteiger partial charge is 0.324 e. The summed E-state index contributed by atoms with van der Waals surface area (Å²) in [6, 6.07) is 12.6. The lowest BCUT2D eigenvalue weighted by Crippen LogP contribution is -2.57. The van der Waals surface area contributed by atoms with Crippen LogP contribution < -0.4 is 10.2 Å². The van der Waals surface area contributed by atoms with Crippen molar-refractivity contribution in [3.05, 3.63) is 63.9 Å². The number of aliphatic carboxylic acids is 1. The van der Waals surface area contributed by atoms with E-state index in [-0.39, 0.29) is 0 Å². The van der Waals surface area contributed by atoms with E-state index in [1.807, 2.05) is 22.8 Å². The number of hydrogen-bond acceptors (Lipinski definition) is 6. The normalized spacial score (nSPS) is 15.5. The predicted octanol–water partition coefficient (Wildman–Crippen LogP) is 5.09. The standard InChI is InChI=1S/C24H21Cl3N6O2/c1-28-24(23(34)35)8-10-32(11-9-24)21-19-22(30-13-29-21)33(16-5-2-14(25)3-6-16)20(31-19)17-7-4-15(26)12-18(17)27/h2-7,12-13,28H,8-11H2,1H3,(H,34,35). The van der Waals surface area contributed by atoms with Crippen molar-refractivity contribution in [1.29, 1.82) is 0 Å². The van der Waals surface area contributed by atoms with Gasteiger partial charge in [-0.2, -0.15) is 0 Å². The molecular formula is C24H21Cl3N6O2. The number of nitrogens with one attached hydrogen (secondary N) is 1. The lowest BCUT2D eigenvalue weighted by Gasteiger charge is -2.39. The molecule has 0 radical (unpaired) electrons. The summed E-state index contributed by atoms with van der Waals surface area (Å²) in [6.07, 6.45) is 2.35. The molecule has 1 aliphatic rings. The number of imidazole rings is 1. The highest BCUT2D eigenvalue weighted by Gasteiger charge is 2.41. The van der Waals surface area contributed by atoms with Crippen LogP contribution in [0.5, 0.6) is 0 Å². The number of aromatic nitrogens is 4. The molecule has 11 heteroatoms. The van der Waals surface area contributed by atoms with E-state index in [1.165, 1.54) is 6.33 Å². The van der Waals surface area contributed by atoms with E-state index in [9.17, 15) is 9.90 Å². The fourth-order valence-electron chi connectivity index (χ4n) is 4.47. The van der Waals surface area contributed by atoms with Crippen molar-refractivity contribution >= 4 is 57.8 Å². The van der Waals surface area contributed by atoms with E-state index in [1.54, 1.807) is 31.3 Å². The third-order valence-electron chi connectivity index (χ3n) is 6.49. The Morgan fingerprint density at radius 1 is 1.03 bits per heavy atom. The molecule has 2 aromatic heterocycles. The molecule has 1 fully saturated rings. The fourth-order valence-corrected chi connectivity index (χ4v) is 5.09. The minimum absolute atomic E-state index is 0.429. The predicted molar refractivity (Wildman–Crippen MR) is 138 cm³/mol. The molecule has 1 aliphatic heterocycles. The second-order valence-electron chi connectivity index (χ2n) is 8.37. The van der Waals surface area contributed by atoms with Crippen molar-refractivity contribution < 1.29 is 9.90 Å². The molecule has 180 valence electrons. The van der Waals surface area contributed by atoms with Crippen LogP contribution in [0.1, 0.15) is 12.8 Å². The third kappa shape index (κ3) is 4.21. The highest BCUT2D eigenvalue weighted by molar-refractivity contribution is 6.36. The van der Waals surface area contributed by atoms with E-state index in [0.29, 0.717) is 69.4 Å². The molecule has 4 aromatic rings. The van der Waals surface area contributed by atoms with Gasteiger partial charge in [-0.25, -0.2) is 15.0 Å². The average Bonchev–Trinajstić information content (AvgIpc) is 3.24. The first-order valence-electron chi connectivity index (χ1n) is 10.9. The topological polar surface area (TPSA) is 96.2 Å². The van der Waals surface area contributed by atoms with Crippen LogP contribution in [0.2, 0.25) is 15.1 Å². The van der Waals surface area contributed by atoms with E-state index in [4.69, 9.17) is 39.8 Å². The Kier molecular flexibility index (Phi) is 6.31. The molecule has 0 spiro atoms. The summed E-state index contributed by atoms with van der Waals surface area (Å²) in [4.78, 5) is 27.9. The van der Waals surface area contributed by atoms with Gasteiger partial charge in [-0.15, -0.1) is 0 Å². The van der Waals surface area contributed by atoms with Crippen LogP contribution in [-0.4, -0.2) is 56.3 Å². The maximum Gasteiger partial charge on any atom is 0.324 e. The molecule has 8 nitrogen and oxygen atoms in total. The number of rotatable bonds is 5. The van der Waals surface area contributed by atoms with E-state index in [2.05, 4.69) is 20.2 Å². The molecule has 2 aromatic carbocycles. The number of hydrogen-bond donors (Lipinski definition) is 2. The Morgan fingerprint density at radius 3 is 2.34 bits per heavy atom. The van der Waals surface area contributed by atoms with Crippen molar-refractivity contribution in [3.63, 3.8) is 0 Å². The first kappa shape index (κ1) is 23.8. The van der Waals surface area contributed by atoms with Crippen LogP contribution in [0.25, 0.3) is 28.2 Å². The molecule has 0 aliphatic carbocycles. The van der Waals surface area contributed by atoms with Crippen molar-refractivity contribution in [2.75, 3.05) is 25.0 Å². The van der Waals surface area contributed by atoms with Crippen LogP contribution in [0, 0.1) is 0 Å². The number of carboxylic acids is 1. The summed E-state index contributed by atoms with van der Waals surface area (Å²) in [7, 11) is 1.68. The van der Waals surface area contributed by atoms with Crippen LogP contribution >= 0.6 is 34.8 Å². The quantitative estimate of drug-likeness (QED) is 0.370. The number of nitrogens with zero attached hydrogens (tertiary/aromatic N) is 5. The molecule has 0 unspecified atom stereocenters. The third-order valence-corrected chi connectivity index (χ3v) is 7.29. The molecule has 5 rings (SSSR count). The van der Waals surface area contributed by atoms with Gasteiger partial charge in [0.25, 0.3) is 0 Å². The zero-order chi connectivity index (χ0) is 24.7. The van der Waals surface area contributed by atoms with Gasteiger partial charge in [0.15, 0.2) is 17.0 Å². The van der Waals surface area contributed by atoms with Crippen LogP contribution in [0.4, 0.5) is 5.82 Å². The molecule has 3 heterocycles. The Hall–Kier alpha value is -2.91. The molecule has 1 saturated heterocycles. The Morgan fingerprint density at radius 2 is 1.71 bits per heavy atom. The monoisotopic (exact) mass is 530 g/mol. The van der Waals surface area contributed by atoms with Crippen molar-refractivity contribution in [1.82, 2.24) is 24.8 Å². The van der Waals surface area contributed by atoms with Gasteiger partial charge >= 0.3 is 5.97 Å². The van der Waals surface area contributed by atoms with Gasteiger partial charge < -0.3 is 15.3 Å². The molecule has 0 bridgehead atoms. The van der Waals surface area contributed by atoms with Crippen LogP contribution in [0.15, 0.2) is 48.8 Å². The summed E-state index contributed by atoms with van der Waals surface area (Å²) in [5.74, 6) is 0.376.